The van der Waals surface area contributed by atoms with E-state index >= 15 is 0 Å². The van der Waals surface area contributed by atoms with Crippen LogP contribution in [-0.2, 0) is 13.6 Å². The molecule has 0 saturated carbocycles. The van der Waals surface area contributed by atoms with E-state index in [0.717, 1.165) is 5.69 Å². The molecule has 0 radical (unpaired) electrons. The summed E-state index contributed by atoms with van der Waals surface area (Å²) in [5.41, 5.74) is 7.12. The Kier molecular flexibility index (Phi) is 3.22. The van der Waals surface area contributed by atoms with Crippen LogP contribution >= 0.6 is 0 Å². The number of hydrogen-bond acceptors (Lipinski definition) is 5. The lowest BCUT2D eigenvalue weighted by molar-refractivity contribution is 0.627. The second-order valence-corrected chi connectivity index (χ2v) is 4.02. The number of benzene rings is 1. The number of nitrogen functional groups attached to an aromatic ring is 1. The fraction of sp³-hybridized carbons (Fsp3) is 0.273. The van der Waals surface area contributed by atoms with E-state index in [9.17, 15) is 0 Å². The maximum atomic E-state index is 7.42. The number of anilines is 1. The van der Waals surface area contributed by atoms with Gasteiger partial charge in [-0.2, -0.15) is 4.80 Å². The van der Waals surface area contributed by atoms with E-state index < -0.39 is 0 Å². The molecule has 2 rings (SSSR count). The van der Waals surface area contributed by atoms with Gasteiger partial charge in [0.25, 0.3) is 0 Å². The molecular weight excluding hydrogens is 230 g/mol. The van der Waals surface area contributed by atoms with Gasteiger partial charge in [0.2, 0.25) is 0 Å². The molecule has 7 heteroatoms. The Hall–Kier alpha value is -2.44. The number of tetrazole rings is 1. The first kappa shape index (κ1) is 12.0. The van der Waals surface area contributed by atoms with Crippen LogP contribution < -0.4 is 10.6 Å². The SMILES string of the molecule is CN(Cc1nnn(C)n1)c1cccc(C(=N)N)c1. The Labute approximate surface area is 105 Å². The molecule has 2 aromatic rings. The van der Waals surface area contributed by atoms with E-state index in [0.29, 0.717) is 17.9 Å². The first-order valence-electron chi connectivity index (χ1n) is 5.45. The third-order valence-corrected chi connectivity index (χ3v) is 2.53. The molecule has 0 spiro atoms. The Bertz CT molecular complexity index is 560. The lowest BCUT2D eigenvalue weighted by atomic mass is 10.2. The van der Waals surface area contributed by atoms with Gasteiger partial charge in [-0.25, -0.2) is 0 Å². The zero-order chi connectivity index (χ0) is 13.1. The van der Waals surface area contributed by atoms with Crippen LogP contribution in [0, 0.1) is 5.41 Å². The third kappa shape index (κ3) is 2.62. The van der Waals surface area contributed by atoms with Crippen LogP contribution in [-0.4, -0.2) is 33.1 Å². The molecule has 94 valence electrons. The summed E-state index contributed by atoms with van der Waals surface area (Å²) in [6, 6.07) is 7.48. The third-order valence-electron chi connectivity index (χ3n) is 2.53. The number of nitrogens with zero attached hydrogens (tertiary/aromatic N) is 5. The van der Waals surface area contributed by atoms with E-state index in [1.54, 1.807) is 13.1 Å². The number of rotatable bonds is 4. The average Bonchev–Trinajstić information content (AvgIpc) is 2.75. The van der Waals surface area contributed by atoms with Gasteiger partial charge in [-0.05, 0) is 17.3 Å². The first-order chi connectivity index (χ1) is 8.56. The first-order valence-corrected chi connectivity index (χ1v) is 5.45. The van der Waals surface area contributed by atoms with Gasteiger partial charge in [0.05, 0.1) is 13.6 Å². The summed E-state index contributed by atoms with van der Waals surface area (Å²) in [6.45, 7) is 0.551. The van der Waals surface area contributed by atoms with Crippen molar-refractivity contribution in [1.29, 1.82) is 5.41 Å². The van der Waals surface area contributed by atoms with Crippen molar-refractivity contribution in [1.82, 2.24) is 20.2 Å². The van der Waals surface area contributed by atoms with Gasteiger partial charge in [0.15, 0.2) is 5.82 Å². The monoisotopic (exact) mass is 245 g/mol. The van der Waals surface area contributed by atoms with Crippen molar-refractivity contribution in [3.8, 4) is 0 Å². The van der Waals surface area contributed by atoms with E-state index in [-0.39, 0.29) is 5.84 Å². The summed E-state index contributed by atoms with van der Waals surface area (Å²) in [6.07, 6.45) is 0. The molecule has 0 unspecified atom stereocenters. The number of nitrogens with one attached hydrogen (secondary N) is 1. The molecule has 0 aliphatic carbocycles. The average molecular weight is 245 g/mol. The normalized spacial score (nSPS) is 10.3. The van der Waals surface area contributed by atoms with Crippen LogP contribution in [0.2, 0.25) is 0 Å². The number of aromatic nitrogens is 4. The molecule has 0 aliphatic heterocycles. The maximum absolute atomic E-state index is 7.42. The summed E-state index contributed by atoms with van der Waals surface area (Å²) in [7, 11) is 3.66. The number of hydrogen-bond donors (Lipinski definition) is 2. The smallest absolute Gasteiger partial charge is 0.193 e. The topological polar surface area (TPSA) is 96.7 Å². The standard InChI is InChI=1S/C11H15N7/c1-17(7-10-14-16-18(2)15-10)9-5-3-4-8(6-9)11(12)13/h3-6H,7H2,1-2H3,(H3,12,13). The van der Waals surface area contributed by atoms with E-state index in [2.05, 4.69) is 15.4 Å². The molecule has 1 aromatic carbocycles. The van der Waals surface area contributed by atoms with Crippen LogP contribution in [0.3, 0.4) is 0 Å². The lowest BCUT2D eigenvalue weighted by Crippen LogP contribution is -2.19. The highest BCUT2D eigenvalue weighted by Crippen LogP contribution is 2.15. The van der Waals surface area contributed by atoms with Gasteiger partial charge >= 0.3 is 0 Å². The second kappa shape index (κ2) is 4.82. The summed E-state index contributed by atoms with van der Waals surface area (Å²) in [5, 5.41) is 19.3. The highest BCUT2D eigenvalue weighted by Gasteiger charge is 2.07. The van der Waals surface area contributed by atoms with Crippen LogP contribution in [0.5, 0.6) is 0 Å². The molecule has 0 saturated heterocycles. The Morgan fingerprint density at radius 2 is 2.28 bits per heavy atom. The fourth-order valence-electron chi connectivity index (χ4n) is 1.60. The van der Waals surface area contributed by atoms with E-state index in [4.69, 9.17) is 11.1 Å². The minimum absolute atomic E-state index is 0.0582. The van der Waals surface area contributed by atoms with Gasteiger partial charge in [-0.15, -0.1) is 10.2 Å². The quantitative estimate of drug-likeness (QED) is 0.589. The van der Waals surface area contributed by atoms with Crippen molar-refractivity contribution in [2.75, 3.05) is 11.9 Å². The summed E-state index contributed by atoms with van der Waals surface area (Å²) in [5.74, 6) is 0.705. The summed E-state index contributed by atoms with van der Waals surface area (Å²) >= 11 is 0. The summed E-state index contributed by atoms with van der Waals surface area (Å²) < 4.78 is 0. The van der Waals surface area contributed by atoms with E-state index in [1.165, 1.54) is 4.80 Å². The number of amidine groups is 1. The predicted octanol–water partition coefficient (Wildman–Crippen LogP) is 0.131. The van der Waals surface area contributed by atoms with Crippen molar-refractivity contribution < 1.29 is 0 Å². The Morgan fingerprint density at radius 3 is 2.89 bits per heavy atom. The van der Waals surface area contributed by atoms with Crippen molar-refractivity contribution in [3.05, 3.63) is 35.7 Å². The molecule has 0 bridgehead atoms. The van der Waals surface area contributed by atoms with Gasteiger partial charge in [-0.3, -0.25) is 5.41 Å². The largest absolute Gasteiger partial charge is 0.384 e. The zero-order valence-corrected chi connectivity index (χ0v) is 10.3. The number of aryl methyl sites for hydroxylation is 1. The van der Waals surface area contributed by atoms with Crippen molar-refractivity contribution in [2.24, 2.45) is 12.8 Å². The summed E-state index contributed by atoms with van der Waals surface area (Å²) in [4.78, 5) is 3.40. The van der Waals surface area contributed by atoms with Crippen LogP contribution in [0.15, 0.2) is 24.3 Å². The molecule has 3 N–H and O–H groups in total. The van der Waals surface area contributed by atoms with Crippen LogP contribution in [0.1, 0.15) is 11.4 Å². The van der Waals surface area contributed by atoms with Crippen LogP contribution in [0.25, 0.3) is 0 Å². The molecule has 18 heavy (non-hydrogen) atoms. The van der Waals surface area contributed by atoms with E-state index in [1.807, 2.05) is 30.1 Å². The van der Waals surface area contributed by atoms with Crippen molar-refractivity contribution in [2.45, 2.75) is 6.54 Å². The molecule has 0 atom stereocenters. The van der Waals surface area contributed by atoms with Gasteiger partial charge in [0.1, 0.15) is 5.84 Å². The van der Waals surface area contributed by atoms with Crippen molar-refractivity contribution >= 4 is 11.5 Å². The molecule has 0 amide bonds. The predicted molar refractivity (Wildman–Crippen MR) is 68.4 cm³/mol. The number of nitrogens with two attached hydrogens (primary N) is 1. The highest BCUT2D eigenvalue weighted by atomic mass is 15.6. The minimum Gasteiger partial charge on any atom is -0.384 e. The van der Waals surface area contributed by atoms with Gasteiger partial charge in [0, 0.05) is 18.3 Å². The molecule has 7 nitrogen and oxygen atoms in total. The molecule has 0 fully saturated rings. The fourth-order valence-corrected chi connectivity index (χ4v) is 1.60. The van der Waals surface area contributed by atoms with Gasteiger partial charge < -0.3 is 10.6 Å². The van der Waals surface area contributed by atoms with Crippen LogP contribution in [0.4, 0.5) is 5.69 Å². The Balaban J connectivity index is 2.15. The minimum atomic E-state index is 0.0582. The second-order valence-electron chi connectivity index (χ2n) is 4.02. The van der Waals surface area contributed by atoms with Crippen molar-refractivity contribution in [3.63, 3.8) is 0 Å². The maximum Gasteiger partial charge on any atom is 0.193 e. The molecule has 1 aromatic heterocycles. The zero-order valence-electron chi connectivity index (χ0n) is 10.3. The highest BCUT2D eigenvalue weighted by molar-refractivity contribution is 5.95. The molecule has 0 aliphatic rings. The lowest BCUT2D eigenvalue weighted by Gasteiger charge is -2.17. The molecule has 1 heterocycles. The van der Waals surface area contributed by atoms with Gasteiger partial charge in [-0.1, -0.05) is 12.1 Å². The molecular formula is C11H15N7. The Morgan fingerprint density at radius 1 is 1.50 bits per heavy atom.